The van der Waals surface area contributed by atoms with Crippen LogP contribution in [0, 0.1) is 0 Å². The number of carboxylic acids is 1. The van der Waals surface area contributed by atoms with Crippen molar-refractivity contribution in [1.82, 2.24) is 4.90 Å². The highest BCUT2D eigenvalue weighted by molar-refractivity contribution is 9.10. The van der Waals surface area contributed by atoms with Crippen molar-refractivity contribution < 1.29 is 23.8 Å². The van der Waals surface area contributed by atoms with E-state index in [-0.39, 0.29) is 18.6 Å². The number of amides is 1. The first-order valence-electron chi connectivity index (χ1n) is 5.94. The maximum absolute atomic E-state index is 12.1. The summed E-state index contributed by atoms with van der Waals surface area (Å²) < 4.78 is 11.0. The Hall–Kier alpha value is -1.34. The van der Waals surface area contributed by atoms with Gasteiger partial charge in [0.1, 0.15) is 6.61 Å². The first-order valence-corrected chi connectivity index (χ1v) is 6.73. The van der Waals surface area contributed by atoms with Gasteiger partial charge in [0.15, 0.2) is 10.4 Å². The van der Waals surface area contributed by atoms with Crippen molar-refractivity contribution in [3.8, 4) is 0 Å². The maximum Gasteiger partial charge on any atom is 0.329 e. The van der Waals surface area contributed by atoms with E-state index in [0.29, 0.717) is 36.4 Å². The molecule has 2 rings (SSSR count). The fourth-order valence-corrected chi connectivity index (χ4v) is 2.31. The minimum absolute atomic E-state index is 0.0940. The fraction of sp³-hybridized carbons (Fsp3) is 0.500. The van der Waals surface area contributed by atoms with E-state index < -0.39 is 5.97 Å². The zero-order valence-corrected chi connectivity index (χ0v) is 11.8. The number of ether oxygens (including phenoxy) is 1. The zero-order valence-electron chi connectivity index (χ0n) is 10.2. The van der Waals surface area contributed by atoms with Crippen molar-refractivity contribution in [3.05, 3.63) is 22.6 Å². The summed E-state index contributed by atoms with van der Waals surface area (Å²) in [6, 6.07) is 3.30. The van der Waals surface area contributed by atoms with Gasteiger partial charge in [0.25, 0.3) is 5.91 Å². The molecule has 0 bridgehead atoms. The number of furan rings is 1. The number of hydrogen-bond acceptors (Lipinski definition) is 4. The number of likely N-dealkylation sites (tertiary alicyclic amines) is 1. The van der Waals surface area contributed by atoms with Crippen LogP contribution in [0.25, 0.3) is 0 Å². The van der Waals surface area contributed by atoms with Gasteiger partial charge in [-0.15, -0.1) is 0 Å². The Labute approximate surface area is 118 Å². The molecule has 1 aromatic heterocycles. The van der Waals surface area contributed by atoms with E-state index in [0.717, 1.165) is 0 Å². The second-order valence-corrected chi connectivity index (χ2v) is 5.08. The molecule has 6 nitrogen and oxygen atoms in total. The lowest BCUT2D eigenvalue weighted by molar-refractivity contribution is -0.145. The molecule has 0 unspecified atom stereocenters. The van der Waals surface area contributed by atoms with Crippen LogP contribution in [0.1, 0.15) is 23.4 Å². The molecule has 0 aromatic carbocycles. The molecule has 0 spiro atoms. The second kappa shape index (κ2) is 6.21. The van der Waals surface area contributed by atoms with E-state index in [2.05, 4.69) is 15.9 Å². The molecule has 1 aliphatic heterocycles. The van der Waals surface area contributed by atoms with Gasteiger partial charge in [0.05, 0.1) is 6.10 Å². The molecule has 1 N–H and O–H groups in total. The highest BCUT2D eigenvalue weighted by atomic mass is 79.9. The number of hydrogen-bond donors (Lipinski definition) is 1. The zero-order chi connectivity index (χ0) is 13.8. The van der Waals surface area contributed by atoms with Gasteiger partial charge in [-0.1, -0.05) is 0 Å². The second-order valence-electron chi connectivity index (χ2n) is 4.30. The van der Waals surface area contributed by atoms with E-state index in [1.807, 2.05) is 0 Å². The molecule has 0 radical (unpaired) electrons. The molecule has 1 saturated heterocycles. The van der Waals surface area contributed by atoms with E-state index in [4.69, 9.17) is 14.3 Å². The Balaban J connectivity index is 1.83. The van der Waals surface area contributed by atoms with Crippen molar-refractivity contribution in [3.63, 3.8) is 0 Å². The Kier molecular flexibility index (Phi) is 4.60. The van der Waals surface area contributed by atoms with Crippen molar-refractivity contribution in [2.24, 2.45) is 0 Å². The Morgan fingerprint density at radius 1 is 1.42 bits per heavy atom. The molecule has 19 heavy (non-hydrogen) atoms. The fourth-order valence-electron chi connectivity index (χ4n) is 2.00. The summed E-state index contributed by atoms with van der Waals surface area (Å²) in [5.41, 5.74) is 0. The van der Waals surface area contributed by atoms with Crippen LogP contribution in [0.4, 0.5) is 0 Å². The van der Waals surface area contributed by atoms with Crippen molar-refractivity contribution >= 4 is 27.8 Å². The predicted octanol–water partition coefficient (Wildman–Crippen LogP) is 1.75. The molecule has 1 aromatic rings. The topological polar surface area (TPSA) is 80.0 Å². The third kappa shape index (κ3) is 3.81. The Bertz CT molecular complexity index is 464. The van der Waals surface area contributed by atoms with Gasteiger partial charge in [-0.25, -0.2) is 4.79 Å². The number of halogens is 1. The molecule has 0 atom stereocenters. The lowest BCUT2D eigenvalue weighted by Crippen LogP contribution is -2.41. The number of nitrogens with zero attached hydrogens (tertiary/aromatic N) is 1. The summed E-state index contributed by atoms with van der Waals surface area (Å²) >= 11 is 3.16. The first kappa shape index (κ1) is 14.1. The molecule has 0 saturated carbocycles. The summed E-state index contributed by atoms with van der Waals surface area (Å²) in [4.78, 5) is 24.1. The van der Waals surface area contributed by atoms with Gasteiger partial charge in [0, 0.05) is 13.1 Å². The first-order chi connectivity index (χ1) is 9.06. The van der Waals surface area contributed by atoms with Gasteiger partial charge in [0.2, 0.25) is 0 Å². The average molecular weight is 332 g/mol. The standard InChI is InChI=1S/C12H14BrNO5/c13-10-2-1-9(19-10)12(17)14-5-3-8(4-6-14)18-7-11(15)16/h1-2,8H,3-7H2,(H,15,16). The SMILES string of the molecule is O=C(O)COC1CCN(C(=O)c2ccc(Br)o2)CC1. The van der Waals surface area contributed by atoms with Crippen LogP contribution in [0.5, 0.6) is 0 Å². The van der Waals surface area contributed by atoms with Gasteiger partial charge >= 0.3 is 5.97 Å². The van der Waals surface area contributed by atoms with Gasteiger partial charge in [-0.2, -0.15) is 0 Å². The van der Waals surface area contributed by atoms with Crippen LogP contribution in [-0.2, 0) is 9.53 Å². The minimum Gasteiger partial charge on any atom is -0.480 e. The third-order valence-corrected chi connectivity index (χ3v) is 3.38. The van der Waals surface area contributed by atoms with Crippen LogP contribution in [0.2, 0.25) is 0 Å². The van der Waals surface area contributed by atoms with Crippen LogP contribution in [0.15, 0.2) is 21.2 Å². The number of aliphatic carboxylic acids is 1. The van der Waals surface area contributed by atoms with Gasteiger partial charge in [-0.05, 0) is 40.9 Å². The molecule has 1 amide bonds. The molecule has 1 fully saturated rings. The van der Waals surface area contributed by atoms with Crippen molar-refractivity contribution in [2.75, 3.05) is 19.7 Å². The summed E-state index contributed by atoms with van der Waals surface area (Å²) in [5.74, 6) is -0.821. The number of carboxylic acid groups (broad SMARTS) is 1. The molecule has 2 heterocycles. The summed E-state index contributed by atoms with van der Waals surface area (Å²) in [6.45, 7) is 0.798. The maximum atomic E-state index is 12.1. The van der Waals surface area contributed by atoms with Crippen LogP contribution >= 0.6 is 15.9 Å². The molecule has 1 aliphatic rings. The average Bonchev–Trinajstić information content (AvgIpc) is 2.83. The highest BCUT2D eigenvalue weighted by Gasteiger charge is 2.26. The Morgan fingerprint density at radius 2 is 2.11 bits per heavy atom. The molecule has 0 aliphatic carbocycles. The quantitative estimate of drug-likeness (QED) is 0.909. The van der Waals surface area contributed by atoms with Gasteiger partial charge in [-0.3, -0.25) is 4.79 Å². The molecule has 7 heteroatoms. The number of carbonyl (C=O) groups excluding carboxylic acids is 1. The largest absolute Gasteiger partial charge is 0.480 e. The third-order valence-electron chi connectivity index (χ3n) is 2.96. The van der Waals surface area contributed by atoms with Crippen LogP contribution in [-0.4, -0.2) is 47.7 Å². The predicted molar refractivity (Wildman–Crippen MR) is 68.9 cm³/mol. The summed E-state index contributed by atoms with van der Waals surface area (Å²) in [5, 5.41) is 8.53. The van der Waals surface area contributed by atoms with E-state index >= 15 is 0 Å². The van der Waals surface area contributed by atoms with E-state index in [1.54, 1.807) is 17.0 Å². The molecular formula is C12H14BrNO5. The van der Waals surface area contributed by atoms with Gasteiger partial charge < -0.3 is 19.2 Å². The lowest BCUT2D eigenvalue weighted by Gasteiger charge is -2.31. The van der Waals surface area contributed by atoms with Crippen molar-refractivity contribution in [2.45, 2.75) is 18.9 Å². The summed E-state index contributed by atoms with van der Waals surface area (Å²) in [7, 11) is 0. The number of carbonyl (C=O) groups is 2. The number of rotatable bonds is 4. The minimum atomic E-state index is -0.973. The lowest BCUT2D eigenvalue weighted by atomic mass is 10.1. The number of piperidine rings is 1. The normalized spacial score (nSPS) is 16.6. The monoisotopic (exact) mass is 331 g/mol. The van der Waals surface area contributed by atoms with Crippen LogP contribution in [0.3, 0.4) is 0 Å². The molecule has 104 valence electrons. The van der Waals surface area contributed by atoms with Crippen LogP contribution < -0.4 is 0 Å². The van der Waals surface area contributed by atoms with Crippen molar-refractivity contribution in [1.29, 1.82) is 0 Å². The summed E-state index contributed by atoms with van der Waals surface area (Å²) in [6.07, 6.45) is 1.19. The Morgan fingerprint density at radius 3 is 2.63 bits per heavy atom. The smallest absolute Gasteiger partial charge is 0.329 e. The highest BCUT2D eigenvalue weighted by Crippen LogP contribution is 2.19. The molecular weight excluding hydrogens is 318 g/mol. The van der Waals surface area contributed by atoms with E-state index in [9.17, 15) is 9.59 Å². The van der Waals surface area contributed by atoms with E-state index in [1.165, 1.54) is 0 Å².